The molecule has 1 aromatic carbocycles. The van der Waals surface area contributed by atoms with Gasteiger partial charge in [0.25, 0.3) is 0 Å². The first-order valence-corrected chi connectivity index (χ1v) is 8.39. The minimum atomic E-state index is -0.492. The Morgan fingerprint density at radius 3 is 2.27 bits per heavy atom. The molecule has 0 atom stereocenters. The van der Waals surface area contributed by atoms with Crippen LogP contribution in [-0.4, -0.2) is 39.3 Å². The summed E-state index contributed by atoms with van der Waals surface area (Å²) < 4.78 is 23.9. The van der Waals surface area contributed by atoms with E-state index in [2.05, 4.69) is 0 Å². The molecule has 6 heteroatoms. The molecule has 0 aliphatic heterocycles. The van der Waals surface area contributed by atoms with Gasteiger partial charge in [0.05, 0.1) is 19.4 Å². The molecule has 0 bridgehead atoms. The first-order chi connectivity index (χ1) is 12.3. The molecule has 0 amide bonds. The fourth-order valence-electron chi connectivity index (χ4n) is 2.95. The van der Waals surface area contributed by atoms with Gasteiger partial charge in [-0.3, -0.25) is 0 Å². The second-order valence-electron chi connectivity index (χ2n) is 6.53. The van der Waals surface area contributed by atoms with Gasteiger partial charge in [-0.15, -0.1) is 0 Å². The van der Waals surface area contributed by atoms with Crippen molar-refractivity contribution in [3.63, 3.8) is 0 Å². The van der Waals surface area contributed by atoms with Gasteiger partial charge in [0, 0.05) is 32.3 Å². The molecule has 0 spiro atoms. The van der Waals surface area contributed by atoms with E-state index >= 15 is 0 Å². The van der Waals surface area contributed by atoms with Crippen molar-refractivity contribution in [3.8, 4) is 11.1 Å². The summed E-state index contributed by atoms with van der Waals surface area (Å²) in [6.07, 6.45) is 0. The number of anilines is 1. The van der Waals surface area contributed by atoms with Gasteiger partial charge in [0.15, 0.2) is 0 Å². The second kappa shape index (κ2) is 8.27. The number of esters is 1. The van der Waals surface area contributed by atoms with Gasteiger partial charge in [-0.2, -0.15) is 0 Å². The van der Waals surface area contributed by atoms with Crippen molar-refractivity contribution in [2.24, 2.45) is 0 Å². The normalized spacial score (nSPS) is 10.9. The number of methoxy groups -OCH3 is 2. The van der Waals surface area contributed by atoms with Gasteiger partial charge < -0.3 is 14.4 Å². The van der Waals surface area contributed by atoms with E-state index < -0.39 is 5.97 Å². The summed E-state index contributed by atoms with van der Waals surface area (Å²) in [7, 11) is 6.57. The first kappa shape index (κ1) is 19.8. The van der Waals surface area contributed by atoms with Crippen LogP contribution in [0.15, 0.2) is 24.3 Å². The van der Waals surface area contributed by atoms with Crippen molar-refractivity contribution in [3.05, 3.63) is 46.9 Å². The highest BCUT2D eigenvalue weighted by atomic mass is 19.1. The Hall–Kier alpha value is -2.47. The van der Waals surface area contributed by atoms with Crippen molar-refractivity contribution in [1.29, 1.82) is 0 Å². The van der Waals surface area contributed by atoms with E-state index in [1.165, 1.54) is 19.2 Å². The lowest BCUT2D eigenvalue weighted by Crippen LogP contribution is -2.21. The van der Waals surface area contributed by atoms with Gasteiger partial charge in [-0.05, 0) is 23.6 Å². The second-order valence-corrected chi connectivity index (χ2v) is 6.53. The SMILES string of the molecule is COCc1c(C(C)C)nc(N(C)C)c(C(=O)OC)c1-c1ccc(F)cc1. The van der Waals surface area contributed by atoms with Crippen molar-refractivity contribution in [1.82, 2.24) is 4.98 Å². The lowest BCUT2D eigenvalue weighted by atomic mass is 9.90. The van der Waals surface area contributed by atoms with Crippen LogP contribution >= 0.6 is 0 Å². The van der Waals surface area contributed by atoms with E-state index in [1.807, 2.05) is 27.9 Å². The topological polar surface area (TPSA) is 51.7 Å². The minimum Gasteiger partial charge on any atom is -0.465 e. The third-order valence-corrected chi connectivity index (χ3v) is 4.09. The number of ether oxygens (including phenoxy) is 2. The number of hydrogen-bond acceptors (Lipinski definition) is 5. The molecule has 0 aliphatic rings. The van der Waals surface area contributed by atoms with Crippen LogP contribution in [-0.2, 0) is 16.1 Å². The number of halogens is 1. The van der Waals surface area contributed by atoms with Crippen molar-refractivity contribution in [2.45, 2.75) is 26.4 Å². The molecule has 1 aromatic heterocycles. The number of carbonyl (C=O) groups is 1. The summed E-state index contributed by atoms with van der Waals surface area (Å²) in [6.45, 7) is 4.35. The molecular formula is C20H25FN2O3. The molecule has 0 saturated heterocycles. The van der Waals surface area contributed by atoms with Crippen LogP contribution in [0.4, 0.5) is 10.2 Å². The summed E-state index contributed by atoms with van der Waals surface area (Å²) in [5.41, 5.74) is 3.37. The highest BCUT2D eigenvalue weighted by molar-refractivity contribution is 6.03. The van der Waals surface area contributed by atoms with Crippen LogP contribution in [0.3, 0.4) is 0 Å². The molecule has 0 unspecified atom stereocenters. The predicted octanol–water partition coefficient (Wildman–Crippen LogP) is 4.01. The third-order valence-electron chi connectivity index (χ3n) is 4.09. The number of aromatic nitrogens is 1. The molecule has 140 valence electrons. The average molecular weight is 360 g/mol. The minimum absolute atomic E-state index is 0.116. The van der Waals surface area contributed by atoms with Gasteiger partial charge >= 0.3 is 5.97 Å². The largest absolute Gasteiger partial charge is 0.465 e. The lowest BCUT2D eigenvalue weighted by Gasteiger charge is -2.24. The number of carbonyl (C=O) groups excluding carboxylic acids is 1. The number of hydrogen-bond donors (Lipinski definition) is 0. The molecule has 0 N–H and O–H groups in total. The molecule has 1 heterocycles. The van der Waals surface area contributed by atoms with Crippen LogP contribution in [0.5, 0.6) is 0 Å². The summed E-state index contributed by atoms with van der Waals surface area (Å²) in [6, 6.07) is 6.05. The fraction of sp³-hybridized carbons (Fsp3) is 0.400. The Morgan fingerprint density at radius 2 is 1.81 bits per heavy atom. The molecule has 0 fully saturated rings. The Balaban J connectivity index is 2.97. The van der Waals surface area contributed by atoms with E-state index in [4.69, 9.17) is 14.5 Å². The molecule has 0 radical (unpaired) electrons. The number of pyridine rings is 1. The Kier molecular flexibility index (Phi) is 6.32. The van der Waals surface area contributed by atoms with Gasteiger partial charge in [-0.1, -0.05) is 26.0 Å². The van der Waals surface area contributed by atoms with Gasteiger partial charge in [0.1, 0.15) is 17.2 Å². The zero-order valence-electron chi connectivity index (χ0n) is 16.1. The van der Waals surface area contributed by atoms with Crippen molar-refractivity contribution in [2.75, 3.05) is 33.2 Å². The smallest absolute Gasteiger partial charge is 0.342 e. The summed E-state index contributed by atoms with van der Waals surface area (Å²) >= 11 is 0. The molecule has 26 heavy (non-hydrogen) atoms. The third kappa shape index (κ3) is 3.85. The Morgan fingerprint density at radius 1 is 1.19 bits per heavy atom. The van der Waals surface area contributed by atoms with E-state index in [9.17, 15) is 9.18 Å². The van der Waals surface area contributed by atoms with Gasteiger partial charge in [-0.25, -0.2) is 14.2 Å². The number of rotatable bonds is 6. The van der Waals surface area contributed by atoms with Crippen LogP contribution in [0.25, 0.3) is 11.1 Å². The van der Waals surface area contributed by atoms with Crippen LogP contribution < -0.4 is 4.90 Å². The summed E-state index contributed by atoms with van der Waals surface area (Å²) in [4.78, 5) is 19.1. The van der Waals surface area contributed by atoms with E-state index in [0.29, 0.717) is 22.5 Å². The zero-order valence-corrected chi connectivity index (χ0v) is 16.1. The molecule has 2 rings (SSSR count). The van der Waals surface area contributed by atoms with E-state index in [-0.39, 0.29) is 18.3 Å². The average Bonchev–Trinajstić information content (AvgIpc) is 2.61. The van der Waals surface area contributed by atoms with Crippen LogP contribution in [0, 0.1) is 5.82 Å². The number of benzene rings is 1. The lowest BCUT2D eigenvalue weighted by molar-refractivity contribution is 0.0601. The first-order valence-electron chi connectivity index (χ1n) is 8.39. The standard InChI is InChI=1S/C20H25FN2O3/c1-12(2)18-15(11-25-5)16(13-7-9-14(21)10-8-13)17(20(24)26-6)19(22-18)23(3)4/h7-10,12H,11H2,1-6H3. The van der Waals surface area contributed by atoms with E-state index in [1.54, 1.807) is 24.1 Å². The van der Waals surface area contributed by atoms with Crippen LogP contribution in [0.2, 0.25) is 0 Å². The van der Waals surface area contributed by atoms with Crippen LogP contribution in [0.1, 0.15) is 41.4 Å². The van der Waals surface area contributed by atoms with E-state index in [0.717, 1.165) is 11.3 Å². The molecule has 2 aromatic rings. The van der Waals surface area contributed by atoms with Gasteiger partial charge in [0.2, 0.25) is 0 Å². The maximum Gasteiger partial charge on any atom is 0.342 e. The summed E-state index contributed by atoms with van der Waals surface area (Å²) in [5.74, 6) is -0.203. The monoisotopic (exact) mass is 360 g/mol. The maximum absolute atomic E-state index is 13.5. The number of nitrogens with zero attached hydrogens (tertiary/aromatic N) is 2. The quantitative estimate of drug-likeness (QED) is 0.729. The highest BCUT2D eigenvalue weighted by Gasteiger charge is 2.28. The molecule has 0 saturated carbocycles. The Bertz CT molecular complexity index is 787. The van der Waals surface area contributed by atoms with Crippen molar-refractivity contribution >= 4 is 11.8 Å². The Labute approximate surface area is 153 Å². The zero-order chi connectivity index (χ0) is 19.4. The summed E-state index contributed by atoms with van der Waals surface area (Å²) in [5, 5.41) is 0. The highest BCUT2D eigenvalue weighted by Crippen LogP contribution is 2.37. The fourth-order valence-corrected chi connectivity index (χ4v) is 2.95. The molecule has 5 nitrogen and oxygen atoms in total. The van der Waals surface area contributed by atoms with Crippen molar-refractivity contribution < 1.29 is 18.7 Å². The predicted molar refractivity (Wildman–Crippen MR) is 100 cm³/mol. The molecular weight excluding hydrogens is 335 g/mol. The molecule has 0 aliphatic carbocycles. The maximum atomic E-state index is 13.5.